The number of thioether (sulfide) groups is 1. The van der Waals surface area contributed by atoms with E-state index in [1.807, 2.05) is 35.0 Å². The molecule has 102 valence electrons. The third-order valence-corrected chi connectivity index (χ3v) is 4.46. The standard InChI is InChI=1S/C13H17ClN4S/c1-2-18-12(7-8-16-18)11(17-15)9-19-13-6-4-3-5-10(13)14/h3-8,11,17H,2,9,15H2,1H3. The van der Waals surface area contributed by atoms with Crippen molar-refractivity contribution >= 4 is 23.4 Å². The Bertz CT molecular complexity index is 529. The number of hydrogen-bond acceptors (Lipinski definition) is 4. The van der Waals surface area contributed by atoms with Crippen LogP contribution in [0.15, 0.2) is 41.4 Å². The molecule has 2 aromatic rings. The summed E-state index contributed by atoms with van der Waals surface area (Å²) in [5.41, 5.74) is 3.93. The van der Waals surface area contributed by atoms with Gasteiger partial charge in [0, 0.05) is 23.4 Å². The number of rotatable bonds is 6. The Morgan fingerprint density at radius 3 is 2.89 bits per heavy atom. The van der Waals surface area contributed by atoms with Gasteiger partial charge >= 0.3 is 0 Å². The molecule has 0 saturated carbocycles. The van der Waals surface area contributed by atoms with Crippen molar-refractivity contribution in [1.82, 2.24) is 15.2 Å². The molecule has 1 unspecified atom stereocenters. The first-order valence-corrected chi connectivity index (χ1v) is 7.47. The molecule has 0 fully saturated rings. The Kier molecular flexibility index (Phi) is 5.27. The van der Waals surface area contributed by atoms with Gasteiger partial charge in [0.15, 0.2) is 0 Å². The van der Waals surface area contributed by atoms with Crippen LogP contribution in [-0.4, -0.2) is 15.5 Å². The van der Waals surface area contributed by atoms with Crippen LogP contribution in [-0.2, 0) is 6.54 Å². The normalized spacial score (nSPS) is 12.6. The fourth-order valence-corrected chi connectivity index (χ4v) is 3.15. The summed E-state index contributed by atoms with van der Waals surface area (Å²) in [6.45, 7) is 2.89. The highest BCUT2D eigenvalue weighted by Crippen LogP contribution is 2.29. The summed E-state index contributed by atoms with van der Waals surface area (Å²) >= 11 is 7.83. The predicted molar refractivity (Wildman–Crippen MR) is 80.1 cm³/mol. The number of hydrogen-bond donors (Lipinski definition) is 2. The SMILES string of the molecule is CCn1nccc1C(CSc1ccccc1Cl)NN. The zero-order valence-electron chi connectivity index (χ0n) is 10.7. The summed E-state index contributed by atoms with van der Waals surface area (Å²) in [6, 6.07) is 9.85. The van der Waals surface area contributed by atoms with E-state index in [0.717, 1.165) is 27.9 Å². The van der Waals surface area contributed by atoms with E-state index in [4.69, 9.17) is 17.4 Å². The number of halogens is 1. The monoisotopic (exact) mass is 296 g/mol. The summed E-state index contributed by atoms with van der Waals surface area (Å²) in [5.74, 6) is 6.45. The molecule has 0 radical (unpaired) electrons. The van der Waals surface area contributed by atoms with Crippen LogP contribution in [0.5, 0.6) is 0 Å². The maximum Gasteiger partial charge on any atom is 0.0722 e. The average molecular weight is 297 g/mol. The lowest BCUT2D eigenvalue weighted by Gasteiger charge is -2.17. The van der Waals surface area contributed by atoms with Gasteiger partial charge < -0.3 is 0 Å². The number of aromatic nitrogens is 2. The lowest BCUT2D eigenvalue weighted by atomic mass is 10.2. The third kappa shape index (κ3) is 3.51. The summed E-state index contributed by atoms with van der Waals surface area (Å²) < 4.78 is 1.94. The van der Waals surface area contributed by atoms with Gasteiger partial charge in [-0.05, 0) is 25.1 Å². The number of benzene rings is 1. The fourth-order valence-electron chi connectivity index (χ4n) is 1.86. The lowest BCUT2D eigenvalue weighted by molar-refractivity contribution is 0.528. The van der Waals surface area contributed by atoms with E-state index in [9.17, 15) is 0 Å². The zero-order chi connectivity index (χ0) is 13.7. The third-order valence-electron chi connectivity index (χ3n) is 2.85. The molecule has 3 N–H and O–H groups in total. The van der Waals surface area contributed by atoms with Crippen LogP contribution in [0.2, 0.25) is 5.02 Å². The average Bonchev–Trinajstić information content (AvgIpc) is 2.90. The van der Waals surface area contributed by atoms with E-state index in [1.165, 1.54) is 0 Å². The molecule has 19 heavy (non-hydrogen) atoms. The van der Waals surface area contributed by atoms with Gasteiger partial charge in [-0.25, -0.2) is 0 Å². The molecule has 6 heteroatoms. The first-order chi connectivity index (χ1) is 9.26. The van der Waals surface area contributed by atoms with Crippen molar-refractivity contribution in [2.24, 2.45) is 5.84 Å². The van der Waals surface area contributed by atoms with Crippen molar-refractivity contribution in [1.29, 1.82) is 0 Å². The second kappa shape index (κ2) is 6.96. The fraction of sp³-hybridized carbons (Fsp3) is 0.308. The molecule has 0 aliphatic carbocycles. The number of nitrogens with zero attached hydrogens (tertiary/aromatic N) is 2. The van der Waals surface area contributed by atoms with E-state index < -0.39 is 0 Å². The van der Waals surface area contributed by atoms with Crippen LogP contribution < -0.4 is 11.3 Å². The topological polar surface area (TPSA) is 55.9 Å². The van der Waals surface area contributed by atoms with Gasteiger partial charge in [-0.15, -0.1) is 11.8 Å². The summed E-state index contributed by atoms with van der Waals surface area (Å²) in [7, 11) is 0. The van der Waals surface area contributed by atoms with Gasteiger partial charge in [0.05, 0.1) is 16.8 Å². The number of nitrogens with one attached hydrogen (secondary N) is 1. The van der Waals surface area contributed by atoms with Gasteiger partial charge in [0.2, 0.25) is 0 Å². The Labute approximate surface area is 122 Å². The Morgan fingerprint density at radius 2 is 2.21 bits per heavy atom. The van der Waals surface area contributed by atoms with Crippen LogP contribution in [0.3, 0.4) is 0 Å². The predicted octanol–water partition coefficient (Wildman–Crippen LogP) is 2.85. The molecule has 1 heterocycles. The van der Waals surface area contributed by atoms with Gasteiger partial charge in [-0.3, -0.25) is 16.0 Å². The van der Waals surface area contributed by atoms with E-state index in [1.54, 1.807) is 18.0 Å². The molecular weight excluding hydrogens is 280 g/mol. The molecular formula is C13H17ClN4S. The van der Waals surface area contributed by atoms with Gasteiger partial charge in [0.1, 0.15) is 0 Å². The molecule has 1 aromatic carbocycles. The second-order valence-corrected chi connectivity index (χ2v) is 5.50. The number of hydrazine groups is 1. The minimum absolute atomic E-state index is 0.0451. The largest absolute Gasteiger partial charge is 0.271 e. The van der Waals surface area contributed by atoms with Crippen molar-refractivity contribution < 1.29 is 0 Å². The van der Waals surface area contributed by atoms with E-state index in [-0.39, 0.29) is 6.04 Å². The highest BCUT2D eigenvalue weighted by molar-refractivity contribution is 7.99. The first-order valence-electron chi connectivity index (χ1n) is 6.11. The van der Waals surface area contributed by atoms with Gasteiger partial charge in [-0.2, -0.15) is 5.10 Å². The molecule has 4 nitrogen and oxygen atoms in total. The summed E-state index contributed by atoms with van der Waals surface area (Å²) in [5, 5.41) is 5.03. The first kappa shape index (κ1) is 14.4. The molecule has 1 aromatic heterocycles. The molecule has 0 saturated heterocycles. The smallest absolute Gasteiger partial charge is 0.0722 e. The number of nitrogens with two attached hydrogens (primary N) is 1. The molecule has 1 atom stereocenters. The number of aryl methyl sites for hydroxylation is 1. The van der Waals surface area contributed by atoms with Crippen LogP contribution in [0, 0.1) is 0 Å². The van der Waals surface area contributed by atoms with Crippen molar-refractivity contribution in [2.75, 3.05) is 5.75 Å². The Hall–Kier alpha value is -1.01. The van der Waals surface area contributed by atoms with Gasteiger partial charge in [-0.1, -0.05) is 23.7 Å². The van der Waals surface area contributed by atoms with E-state index in [0.29, 0.717) is 0 Å². The molecule has 0 spiro atoms. The molecule has 0 aliphatic rings. The van der Waals surface area contributed by atoms with E-state index in [2.05, 4.69) is 17.4 Å². The Morgan fingerprint density at radius 1 is 1.42 bits per heavy atom. The minimum Gasteiger partial charge on any atom is -0.271 e. The second-order valence-electron chi connectivity index (χ2n) is 4.03. The quantitative estimate of drug-likeness (QED) is 0.489. The van der Waals surface area contributed by atoms with Crippen molar-refractivity contribution in [2.45, 2.75) is 24.4 Å². The summed E-state index contributed by atoms with van der Waals surface area (Å²) in [6.07, 6.45) is 1.79. The van der Waals surface area contributed by atoms with Crippen LogP contribution in [0.1, 0.15) is 18.7 Å². The van der Waals surface area contributed by atoms with Crippen LogP contribution in [0.25, 0.3) is 0 Å². The molecule has 2 rings (SSSR count). The Balaban J connectivity index is 2.06. The van der Waals surface area contributed by atoms with Crippen LogP contribution in [0.4, 0.5) is 0 Å². The van der Waals surface area contributed by atoms with E-state index >= 15 is 0 Å². The molecule has 0 aliphatic heterocycles. The lowest BCUT2D eigenvalue weighted by Crippen LogP contribution is -2.31. The maximum atomic E-state index is 6.14. The molecule has 0 bridgehead atoms. The zero-order valence-corrected chi connectivity index (χ0v) is 12.3. The summed E-state index contributed by atoms with van der Waals surface area (Å²) in [4.78, 5) is 1.06. The van der Waals surface area contributed by atoms with Crippen molar-refractivity contribution in [3.63, 3.8) is 0 Å². The highest BCUT2D eigenvalue weighted by atomic mass is 35.5. The van der Waals surface area contributed by atoms with Crippen molar-refractivity contribution in [3.05, 3.63) is 47.2 Å². The van der Waals surface area contributed by atoms with Crippen molar-refractivity contribution in [3.8, 4) is 0 Å². The minimum atomic E-state index is 0.0451. The maximum absolute atomic E-state index is 6.14. The van der Waals surface area contributed by atoms with Crippen LogP contribution >= 0.6 is 23.4 Å². The van der Waals surface area contributed by atoms with Gasteiger partial charge in [0.25, 0.3) is 0 Å². The molecule has 0 amide bonds. The highest BCUT2D eigenvalue weighted by Gasteiger charge is 2.15.